The third-order valence-electron chi connectivity index (χ3n) is 10.7. The van der Waals surface area contributed by atoms with E-state index in [2.05, 4.69) is 168 Å². The number of fused-ring (bicyclic) bond motifs is 1. The molecule has 0 spiro atoms. The van der Waals surface area contributed by atoms with Gasteiger partial charge >= 0.3 is 0 Å². The Morgan fingerprint density at radius 3 is 1.04 bits per heavy atom. The van der Waals surface area contributed by atoms with Gasteiger partial charge in [-0.3, -0.25) is 0 Å². The molecule has 0 saturated heterocycles. The zero-order valence-corrected chi connectivity index (χ0v) is 25.7. The Balaban J connectivity index is 1.55. The topological polar surface area (TPSA) is 4.93 Å². The van der Waals surface area contributed by atoms with Gasteiger partial charge in [0.25, 0.3) is 0 Å². The van der Waals surface area contributed by atoms with Crippen molar-refractivity contribution >= 4 is 48.4 Å². The van der Waals surface area contributed by atoms with Gasteiger partial charge in [0.05, 0.1) is 27.6 Å². The first-order chi connectivity index (χ1) is 23.1. The molecule has 0 N–H and O–H groups in total. The minimum atomic E-state index is -0.631. The van der Waals surface area contributed by atoms with E-state index in [-0.39, 0.29) is 0 Å². The summed E-state index contributed by atoms with van der Waals surface area (Å²) in [5, 5.41) is 2.24. The van der Waals surface area contributed by atoms with E-state index in [9.17, 15) is 0 Å². The standard InChI is InChI=1S/C44H27B2N/c45-32-24-34-35-25-33(46)27-39-41(35)47-40(34)38(26-32)43(28-14-5-1-6-15-28,29-16-7-2-8-17-29)36-22-13-23-37(42(36)47)44(39,30-18-9-3-10-19-30)31-20-11-4-12-21-31/h1-27H. The van der Waals surface area contributed by atoms with Crippen LogP contribution in [-0.2, 0) is 10.8 Å². The second-order valence-electron chi connectivity index (χ2n) is 12.9. The second kappa shape index (κ2) is 9.50. The van der Waals surface area contributed by atoms with Gasteiger partial charge in [0, 0.05) is 10.8 Å². The maximum absolute atomic E-state index is 6.91. The van der Waals surface area contributed by atoms with E-state index < -0.39 is 10.8 Å². The highest BCUT2D eigenvalue weighted by Gasteiger charge is 2.52. The molecular formula is C44H27B2N. The van der Waals surface area contributed by atoms with Gasteiger partial charge in [-0.05, 0) is 44.5 Å². The zero-order chi connectivity index (χ0) is 31.3. The van der Waals surface area contributed by atoms with Crippen molar-refractivity contribution < 1.29 is 0 Å². The number of hydrogen-bond donors (Lipinski definition) is 0. The lowest BCUT2D eigenvalue weighted by Crippen LogP contribution is -2.41. The Morgan fingerprint density at radius 2 is 0.702 bits per heavy atom. The predicted octanol–water partition coefficient (Wildman–Crippen LogP) is 7.76. The number of rotatable bonds is 4. The molecule has 1 aromatic heterocycles. The molecule has 10 rings (SSSR count). The summed E-state index contributed by atoms with van der Waals surface area (Å²) in [7, 11) is 13.8. The maximum Gasteiger partial charge on any atom is 0.113 e. The Bertz CT molecular complexity index is 2270. The van der Waals surface area contributed by atoms with Crippen LogP contribution >= 0.6 is 0 Å². The number of benzene rings is 7. The summed E-state index contributed by atoms with van der Waals surface area (Å²) in [6.07, 6.45) is 0. The van der Waals surface area contributed by atoms with Crippen LogP contribution in [0.4, 0.5) is 0 Å². The van der Waals surface area contributed by atoms with Gasteiger partial charge in [0.2, 0.25) is 0 Å². The molecule has 0 aliphatic carbocycles. The third kappa shape index (κ3) is 3.22. The zero-order valence-electron chi connectivity index (χ0n) is 25.7. The Kier molecular flexibility index (Phi) is 5.39. The van der Waals surface area contributed by atoms with Crippen molar-refractivity contribution in [2.45, 2.75) is 10.8 Å². The molecule has 0 bridgehead atoms. The summed E-state index contributed by atoms with van der Waals surface area (Å²) in [6, 6.07) is 59.4. The van der Waals surface area contributed by atoms with Gasteiger partial charge in [0.15, 0.2) is 0 Å². The molecule has 2 aliphatic rings. The summed E-state index contributed by atoms with van der Waals surface area (Å²) in [6.45, 7) is 0. The van der Waals surface area contributed by atoms with Gasteiger partial charge < -0.3 is 4.57 Å². The highest BCUT2D eigenvalue weighted by Crippen LogP contribution is 2.61. The van der Waals surface area contributed by atoms with E-state index in [1.54, 1.807) is 0 Å². The minimum Gasteiger partial charge on any atom is -0.308 e. The van der Waals surface area contributed by atoms with Crippen LogP contribution in [-0.4, -0.2) is 20.3 Å². The minimum absolute atomic E-state index is 0.631. The smallest absolute Gasteiger partial charge is 0.113 e. The van der Waals surface area contributed by atoms with Crippen LogP contribution in [0.25, 0.3) is 27.5 Å². The first-order valence-electron chi connectivity index (χ1n) is 16.2. The summed E-state index contributed by atoms with van der Waals surface area (Å²) in [5.41, 5.74) is 13.5. The summed E-state index contributed by atoms with van der Waals surface area (Å²) in [4.78, 5) is 0. The lowest BCUT2D eigenvalue weighted by atomic mass is 9.58. The Morgan fingerprint density at radius 1 is 0.362 bits per heavy atom. The van der Waals surface area contributed by atoms with E-state index in [0.717, 1.165) is 21.7 Å². The first kappa shape index (κ1) is 26.7. The lowest BCUT2D eigenvalue weighted by Gasteiger charge is -2.48. The van der Waals surface area contributed by atoms with Crippen molar-refractivity contribution in [3.8, 4) is 5.69 Å². The van der Waals surface area contributed by atoms with E-state index in [1.807, 2.05) is 0 Å². The van der Waals surface area contributed by atoms with Crippen molar-refractivity contribution in [1.29, 1.82) is 0 Å². The number of hydrogen-bond acceptors (Lipinski definition) is 0. The average molecular weight is 591 g/mol. The van der Waals surface area contributed by atoms with Crippen LogP contribution in [0.2, 0.25) is 0 Å². The Labute approximate surface area is 277 Å². The highest BCUT2D eigenvalue weighted by atomic mass is 15.0. The molecule has 3 heterocycles. The van der Waals surface area contributed by atoms with Gasteiger partial charge in [-0.25, -0.2) is 0 Å². The van der Waals surface area contributed by atoms with E-state index in [4.69, 9.17) is 15.7 Å². The molecule has 0 unspecified atom stereocenters. The summed E-state index contributed by atoms with van der Waals surface area (Å²) >= 11 is 0. The predicted molar refractivity (Wildman–Crippen MR) is 195 cm³/mol. The molecule has 4 radical (unpaired) electrons. The molecule has 2 aliphatic heterocycles. The summed E-state index contributed by atoms with van der Waals surface area (Å²) in [5.74, 6) is 0. The monoisotopic (exact) mass is 591 g/mol. The van der Waals surface area contributed by atoms with Crippen LogP contribution in [0.1, 0.15) is 44.5 Å². The molecule has 8 aromatic rings. The van der Waals surface area contributed by atoms with Crippen LogP contribution in [0.3, 0.4) is 0 Å². The molecule has 0 amide bonds. The van der Waals surface area contributed by atoms with Gasteiger partial charge in [-0.1, -0.05) is 175 Å². The third-order valence-corrected chi connectivity index (χ3v) is 10.7. The average Bonchev–Trinajstić information content (AvgIpc) is 3.45. The fourth-order valence-electron chi connectivity index (χ4n) is 9.12. The molecular weight excluding hydrogens is 564 g/mol. The van der Waals surface area contributed by atoms with E-state index in [1.165, 1.54) is 61.2 Å². The molecule has 0 saturated carbocycles. The molecule has 214 valence electrons. The SMILES string of the molecule is [B]c1cc2c3c(c1)c1cc([B])cc4c1n3-c1c(cccc1C4(c1ccccc1)c1ccccc1)C2(c1ccccc1)c1ccccc1. The van der Waals surface area contributed by atoms with Gasteiger partial charge in [-0.2, -0.15) is 0 Å². The molecule has 3 heteroatoms. The van der Waals surface area contributed by atoms with Crippen molar-refractivity contribution in [2.24, 2.45) is 0 Å². The van der Waals surface area contributed by atoms with Crippen LogP contribution in [0.15, 0.2) is 164 Å². The van der Waals surface area contributed by atoms with E-state index >= 15 is 0 Å². The molecule has 7 aromatic carbocycles. The van der Waals surface area contributed by atoms with Crippen molar-refractivity contribution in [1.82, 2.24) is 4.57 Å². The van der Waals surface area contributed by atoms with E-state index in [0.29, 0.717) is 0 Å². The van der Waals surface area contributed by atoms with Crippen molar-refractivity contribution in [2.75, 3.05) is 0 Å². The molecule has 1 nitrogen and oxygen atoms in total. The van der Waals surface area contributed by atoms with Crippen LogP contribution < -0.4 is 10.9 Å². The molecule has 0 fully saturated rings. The fourth-order valence-corrected chi connectivity index (χ4v) is 9.12. The fraction of sp³-hybridized carbons (Fsp3) is 0.0455. The lowest BCUT2D eigenvalue weighted by molar-refractivity contribution is 0.684. The number of para-hydroxylation sites is 1. The number of nitrogens with zero attached hydrogens (tertiary/aromatic N) is 1. The first-order valence-corrected chi connectivity index (χ1v) is 16.2. The van der Waals surface area contributed by atoms with Gasteiger partial charge in [-0.15, -0.1) is 0 Å². The number of aromatic nitrogens is 1. The van der Waals surface area contributed by atoms with Crippen LogP contribution in [0.5, 0.6) is 0 Å². The second-order valence-corrected chi connectivity index (χ2v) is 12.9. The van der Waals surface area contributed by atoms with Gasteiger partial charge in [0.1, 0.15) is 15.7 Å². The highest BCUT2D eigenvalue weighted by molar-refractivity contribution is 6.36. The molecule has 0 atom stereocenters. The maximum atomic E-state index is 6.91. The normalized spacial score (nSPS) is 14.9. The summed E-state index contributed by atoms with van der Waals surface area (Å²) < 4.78 is 2.53. The largest absolute Gasteiger partial charge is 0.308 e. The Hall–Kier alpha value is -5.53. The quantitative estimate of drug-likeness (QED) is 0.185. The van der Waals surface area contributed by atoms with Crippen LogP contribution in [0, 0.1) is 0 Å². The van der Waals surface area contributed by atoms with Crippen molar-refractivity contribution in [3.63, 3.8) is 0 Å². The van der Waals surface area contributed by atoms with Crippen molar-refractivity contribution in [3.05, 3.63) is 208 Å². The molecule has 47 heavy (non-hydrogen) atoms.